The van der Waals surface area contributed by atoms with Crippen molar-refractivity contribution >= 4 is 5.91 Å². The highest BCUT2D eigenvalue weighted by molar-refractivity contribution is 5.72. The second-order valence-corrected chi connectivity index (χ2v) is 11.1. The van der Waals surface area contributed by atoms with Crippen LogP contribution in [0.25, 0.3) is 0 Å². The quantitative estimate of drug-likeness (QED) is 0.356. The van der Waals surface area contributed by atoms with Crippen LogP contribution in [0.15, 0.2) is 59.7 Å². The van der Waals surface area contributed by atoms with Crippen LogP contribution in [-0.2, 0) is 16.8 Å². The SMILES string of the molecule is CC.CC(=O)NCCCNC1(c2cccc(CC(C)(C)C)c2)CCCCC1.CC1=CCC(F)=CC(F)=C1. The summed E-state index contributed by atoms with van der Waals surface area (Å²) in [6, 6.07) is 9.23. The Bertz CT molecular complexity index is 919. The van der Waals surface area contributed by atoms with Gasteiger partial charge >= 0.3 is 0 Å². The lowest BCUT2D eigenvalue weighted by atomic mass is 9.75. The molecule has 0 heterocycles. The molecule has 0 spiro atoms. The first-order chi connectivity index (χ1) is 17.5. The maximum atomic E-state index is 12.4. The highest BCUT2D eigenvalue weighted by Gasteiger charge is 2.33. The van der Waals surface area contributed by atoms with Gasteiger partial charge in [0, 0.05) is 31.5 Å². The van der Waals surface area contributed by atoms with E-state index >= 15 is 0 Å². The van der Waals surface area contributed by atoms with E-state index in [1.165, 1.54) is 49.3 Å². The number of benzene rings is 1. The van der Waals surface area contributed by atoms with Gasteiger partial charge in [0.2, 0.25) is 5.91 Å². The molecule has 208 valence electrons. The molecule has 0 radical (unpaired) electrons. The zero-order valence-corrected chi connectivity index (χ0v) is 24.3. The maximum absolute atomic E-state index is 12.4. The van der Waals surface area contributed by atoms with Crippen LogP contribution in [0.2, 0.25) is 0 Å². The number of allylic oxidation sites excluding steroid dienone is 6. The number of hydrogen-bond donors (Lipinski definition) is 2. The van der Waals surface area contributed by atoms with E-state index in [1.54, 1.807) is 19.9 Å². The van der Waals surface area contributed by atoms with Gasteiger partial charge in [0.05, 0.1) is 0 Å². The molecule has 2 N–H and O–H groups in total. The van der Waals surface area contributed by atoms with E-state index in [1.807, 2.05) is 13.8 Å². The number of nitrogens with one attached hydrogen (secondary N) is 2. The van der Waals surface area contributed by atoms with E-state index in [-0.39, 0.29) is 17.9 Å². The Morgan fingerprint density at radius 2 is 1.70 bits per heavy atom. The van der Waals surface area contributed by atoms with E-state index < -0.39 is 11.7 Å². The average Bonchev–Trinajstić information content (AvgIpc) is 2.98. The van der Waals surface area contributed by atoms with Crippen molar-refractivity contribution < 1.29 is 13.6 Å². The number of rotatable bonds is 7. The summed E-state index contributed by atoms with van der Waals surface area (Å²) >= 11 is 0. The van der Waals surface area contributed by atoms with Crippen molar-refractivity contribution in [2.24, 2.45) is 5.41 Å². The molecule has 0 atom stereocenters. The zero-order valence-electron chi connectivity index (χ0n) is 24.3. The standard InChI is InChI=1S/C22H36N2O.C8H8F2.C2H6/c1-18(25)23-14-9-15-24-22(12-6-5-7-13-22)20-11-8-10-19(16-20)17-21(2,3)4;1-6-2-3-7(9)5-8(10)4-6;1-2/h8,10-11,16,24H,5-7,9,12-15,17H2,1-4H3,(H,23,25);2,4-5H,3H2,1H3;1-2H3. The van der Waals surface area contributed by atoms with Crippen LogP contribution in [-0.4, -0.2) is 19.0 Å². The molecule has 0 bridgehead atoms. The van der Waals surface area contributed by atoms with Crippen molar-refractivity contribution in [3.8, 4) is 0 Å². The Labute approximate surface area is 224 Å². The van der Waals surface area contributed by atoms with Gasteiger partial charge in [-0.1, -0.05) is 89.8 Å². The van der Waals surface area contributed by atoms with E-state index in [0.717, 1.165) is 37.6 Å². The molecule has 0 aliphatic heterocycles. The molecule has 1 aromatic carbocycles. The van der Waals surface area contributed by atoms with Gasteiger partial charge < -0.3 is 10.6 Å². The van der Waals surface area contributed by atoms with Crippen LogP contribution in [0.5, 0.6) is 0 Å². The van der Waals surface area contributed by atoms with Crippen molar-refractivity contribution in [3.05, 3.63) is 70.8 Å². The van der Waals surface area contributed by atoms with Crippen molar-refractivity contribution in [2.75, 3.05) is 13.1 Å². The topological polar surface area (TPSA) is 41.1 Å². The Hall–Kier alpha value is -2.27. The Morgan fingerprint density at radius 3 is 2.32 bits per heavy atom. The molecule has 0 saturated heterocycles. The van der Waals surface area contributed by atoms with Crippen molar-refractivity contribution in [1.82, 2.24) is 10.6 Å². The normalized spacial score (nSPS) is 16.9. The Balaban J connectivity index is 0.000000475. The third kappa shape index (κ3) is 13.2. The highest BCUT2D eigenvalue weighted by atomic mass is 19.1. The predicted molar refractivity (Wildman–Crippen MR) is 154 cm³/mol. The fourth-order valence-corrected chi connectivity index (χ4v) is 4.78. The second kappa shape index (κ2) is 16.5. The van der Waals surface area contributed by atoms with Crippen LogP contribution >= 0.6 is 0 Å². The molecular weight excluding hydrogens is 466 g/mol. The zero-order chi connectivity index (χ0) is 27.9. The Kier molecular flexibility index (Phi) is 14.7. The van der Waals surface area contributed by atoms with Crippen molar-refractivity contribution in [1.29, 1.82) is 0 Å². The number of carbonyl (C=O) groups is 1. The van der Waals surface area contributed by atoms with E-state index in [2.05, 4.69) is 55.7 Å². The smallest absolute Gasteiger partial charge is 0.216 e. The van der Waals surface area contributed by atoms with Gasteiger partial charge in [-0.3, -0.25) is 4.79 Å². The summed E-state index contributed by atoms with van der Waals surface area (Å²) in [4.78, 5) is 11.0. The first kappa shape index (κ1) is 32.8. The molecule has 1 aromatic rings. The fourth-order valence-electron chi connectivity index (χ4n) is 4.78. The monoisotopic (exact) mass is 516 g/mol. The third-order valence-corrected chi connectivity index (χ3v) is 6.39. The van der Waals surface area contributed by atoms with Crippen LogP contribution in [0.1, 0.15) is 105 Å². The van der Waals surface area contributed by atoms with Gasteiger partial charge in [0.25, 0.3) is 0 Å². The van der Waals surface area contributed by atoms with E-state index in [9.17, 15) is 13.6 Å². The number of halogens is 2. The summed E-state index contributed by atoms with van der Waals surface area (Å²) in [6.07, 6.45) is 12.5. The average molecular weight is 517 g/mol. The lowest BCUT2D eigenvalue weighted by molar-refractivity contribution is -0.118. The summed E-state index contributed by atoms with van der Waals surface area (Å²) in [5.74, 6) is -0.878. The Morgan fingerprint density at radius 1 is 1.03 bits per heavy atom. The lowest BCUT2D eigenvalue weighted by Gasteiger charge is -2.39. The van der Waals surface area contributed by atoms with Crippen molar-refractivity contribution in [3.63, 3.8) is 0 Å². The number of amides is 1. The third-order valence-electron chi connectivity index (χ3n) is 6.39. The van der Waals surface area contributed by atoms with Gasteiger partial charge in [-0.2, -0.15) is 0 Å². The molecule has 0 aromatic heterocycles. The van der Waals surface area contributed by atoms with Gasteiger partial charge in [-0.15, -0.1) is 0 Å². The molecule has 37 heavy (non-hydrogen) atoms. The molecular formula is C32H50F2N2O. The van der Waals surface area contributed by atoms with Crippen LogP contribution in [0.3, 0.4) is 0 Å². The number of hydrogen-bond acceptors (Lipinski definition) is 2. The molecule has 3 rings (SSSR count). The highest BCUT2D eigenvalue weighted by Crippen LogP contribution is 2.38. The van der Waals surface area contributed by atoms with E-state index in [4.69, 9.17) is 0 Å². The second-order valence-electron chi connectivity index (χ2n) is 11.1. The fraction of sp³-hybridized carbons (Fsp3) is 0.594. The molecule has 2 aliphatic rings. The van der Waals surface area contributed by atoms with Gasteiger partial charge in [-0.25, -0.2) is 8.78 Å². The molecule has 1 saturated carbocycles. The maximum Gasteiger partial charge on any atom is 0.216 e. The van der Waals surface area contributed by atoms with Crippen molar-refractivity contribution in [2.45, 2.75) is 105 Å². The van der Waals surface area contributed by atoms with Crippen LogP contribution < -0.4 is 10.6 Å². The molecule has 2 aliphatic carbocycles. The summed E-state index contributed by atoms with van der Waals surface area (Å²) in [6.45, 7) is 15.9. The number of carbonyl (C=O) groups excluding carboxylic acids is 1. The van der Waals surface area contributed by atoms with Gasteiger partial charge in [0.15, 0.2) is 0 Å². The van der Waals surface area contributed by atoms with Crippen LogP contribution in [0.4, 0.5) is 8.78 Å². The first-order valence-electron chi connectivity index (χ1n) is 14.0. The summed E-state index contributed by atoms with van der Waals surface area (Å²) in [5, 5.41) is 6.76. The molecule has 0 unspecified atom stereocenters. The molecule has 5 heteroatoms. The molecule has 3 nitrogen and oxygen atoms in total. The first-order valence-corrected chi connectivity index (χ1v) is 14.0. The molecule has 1 amide bonds. The summed E-state index contributed by atoms with van der Waals surface area (Å²) in [7, 11) is 0. The van der Waals surface area contributed by atoms with Gasteiger partial charge in [-0.05, 0) is 61.8 Å². The summed E-state index contributed by atoms with van der Waals surface area (Å²) < 4.78 is 24.9. The van der Waals surface area contributed by atoms with Gasteiger partial charge in [0.1, 0.15) is 11.7 Å². The summed E-state index contributed by atoms with van der Waals surface area (Å²) in [5.41, 5.74) is 4.08. The lowest BCUT2D eigenvalue weighted by Crippen LogP contribution is -2.45. The largest absolute Gasteiger partial charge is 0.356 e. The van der Waals surface area contributed by atoms with Crippen LogP contribution in [0, 0.1) is 5.41 Å². The predicted octanol–water partition coefficient (Wildman–Crippen LogP) is 8.62. The molecule has 1 fully saturated rings. The minimum Gasteiger partial charge on any atom is -0.356 e. The minimum atomic E-state index is -0.510. The minimum absolute atomic E-state index is 0.0576. The van der Waals surface area contributed by atoms with E-state index in [0.29, 0.717) is 5.41 Å².